The molecule has 0 bridgehead atoms. The number of ether oxygens (including phenoxy) is 1. The van der Waals surface area contributed by atoms with Crippen LogP contribution in [0.15, 0.2) is 0 Å². The molecule has 2 heterocycles. The van der Waals surface area contributed by atoms with Gasteiger partial charge in [-0.25, -0.2) is 0 Å². The van der Waals surface area contributed by atoms with Gasteiger partial charge in [-0.1, -0.05) is 19.3 Å². The van der Waals surface area contributed by atoms with Crippen molar-refractivity contribution in [3.63, 3.8) is 0 Å². The van der Waals surface area contributed by atoms with E-state index in [1.807, 2.05) is 0 Å². The number of rotatable bonds is 1. The maximum atomic E-state index is 6.04. The predicted octanol–water partition coefficient (Wildman–Crippen LogP) is 0.897. The molecule has 0 aromatic heterocycles. The highest BCUT2D eigenvalue weighted by atomic mass is 16.5. The van der Waals surface area contributed by atoms with E-state index in [0.29, 0.717) is 6.04 Å². The Labute approximate surface area is 91.9 Å². The largest absolute Gasteiger partial charge is 0.369 e. The molecule has 3 nitrogen and oxygen atoms in total. The zero-order valence-electron chi connectivity index (χ0n) is 9.43. The normalized spacial score (nSPS) is 36.4. The van der Waals surface area contributed by atoms with Crippen LogP contribution < -0.4 is 10.6 Å². The number of morpholine rings is 1. The topological polar surface area (TPSA) is 33.3 Å². The van der Waals surface area contributed by atoms with Crippen LogP contribution >= 0.6 is 0 Å². The summed E-state index contributed by atoms with van der Waals surface area (Å²) in [6, 6.07) is 0.618. The average Bonchev–Trinajstić information content (AvgIpc) is 2.28. The molecule has 1 unspecified atom stereocenters. The molecule has 3 rings (SSSR count). The monoisotopic (exact) mass is 210 g/mol. The molecule has 2 N–H and O–H groups in total. The Bertz CT molecular complexity index is 222. The van der Waals surface area contributed by atoms with Crippen molar-refractivity contribution >= 4 is 0 Å². The molecule has 1 aliphatic carbocycles. The van der Waals surface area contributed by atoms with Gasteiger partial charge in [0.1, 0.15) is 5.60 Å². The highest BCUT2D eigenvalue weighted by Gasteiger charge is 2.49. The van der Waals surface area contributed by atoms with Gasteiger partial charge in [-0.3, -0.25) is 0 Å². The van der Waals surface area contributed by atoms with Crippen molar-refractivity contribution in [3.8, 4) is 0 Å². The third-order valence-corrected chi connectivity index (χ3v) is 4.39. The summed E-state index contributed by atoms with van der Waals surface area (Å²) in [4.78, 5) is 0. The highest BCUT2D eigenvalue weighted by molar-refractivity contribution is 5.08. The fourth-order valence-corrected chi connectivity index (χ4v) is 3.50. The quantitative estimate of drug-likeness (QED) is 0.674. The Balaban J connectivity index is 1.70. The van der Waals surface area contributed by atoms with Crippen LogP contribution in [0.1, 0.15) is 32.1 Å². The SMILES string of the molecule is C1CCC(C2NCCOC23CNC3)CC1. The minimum Gasteiger partial charge on any atom is -0.369 e. The van der Waals surface area contributed by atoms with Crippen LogP contribution in [0.2, 0.25) is 0 Å². The first-order chi connectivity index (χ1) is 7.41. The summed E-state index contributed by atoms with van der Waals surface area (Å²) in [7, 11) is 0. The Hall–Kier alpha value is -0.120. The van der Waals surface area contributed by atoms with Crippen LogP contribution in [0.5, 0.6) is 0 Å². The molecule has 1 atom stereocenters. The third kappa shape index (κ3) is 1.71. The molecular weight excluding hydrogens is 188 g/mol. The lowest BCUT2D eigenvalue weighted by atomic mass is 9.73. The van der Waals surface area contributed by atoms with Gasteiger partial charge in [0, 0.05) is 25.7 Å². The molecule has 15 heavy (non-hydrogen) atoms. The summed E-state index contributed by atoms with van der Waals surface area (Å²) < 4.78 is 6.04. The van der Waals surface area contributed by atoms with Crippen LogP contribution in [-0.2, 0) is 4.74 Å². The molecule has 3 aliphatic rings. The van der Waals surface area contributed by atoms with Crippen molar-refractivity contribution in [2.75, 3.05) is 26.2 Å². The van der Waals surface area contributed by atoms with Gasteiger partial charge in [-0.2, -0.15) is 0 Å². The molecule has 0 aromatic rings. The van der Waals surface area contributed by atoms with E-state index in [1.165, 1.54) is 32.1 Å². The van der Waals surface area contributed by atoms with Crippen molar-refractivity contribution < 1.29 is 4.74 Å². The van der Waals surface area contributed by atoms with E-state index in [1.54, 1.807) is 0 Å². The second kappa shape index (κ2) is 4.04. The Morgan fingerprint density at radius 3 is 2.53 bits per heavy atom. The number of nitrogens with one attached hydrogen (secondary N) is 2. The zero-order valence-corrected chi connectivity index (χ0v) is 9.43. The maximum absolute atomic E-state index is 6.04. The van der Waals surface area contributed by atoms with Crippen molar-refractivity contribution in [3.05, 3.63) is 0 Å². The van der Waals surface area contributed by atoms with Crippen LogP contribution in [0.25, 0.3) is 0 Å². The van der Waals surface area contributed by atoms with Gasteiger partial charge < -0.3 is 15.4 Å². The van der Waals surface area contributed by atoms with Gasteiger partial charge >= 0.3 is 0 Å². The molecule has 1 saturated carbocycles. The van der Waals surface area contributed by atoms with Crippen molar-refractivity contribution in [2.45, 2.75) is 43.7 Å². The Morgan fingerprint density at radius 1 is 1.07 bits per heavy atom. The van der Waals surface area contributed by atoms with Gasteiger partial charge in [0.15, 0.2) is 0 Å². The summed E-state index contributed by atoms with van der Waals surface area (Å²) in [5.74, 6) is 0.862. The minimum absolute atomic E-state index is 0.153. The van der Waals surface area contributed by atoms with Gasteiger partial charge in [0.05, 0.1) is 6.61 Å². The van der Waals surface area contributed by atoms with E-state index >= 15 is 0 Å². The summed E-state index contributed by atoms with van der Waals surface area (Å²) in [5.41, 5.74) is 0.153. The summed E-state index contributed by atoms with van der Waals surface area (Å²) in [5, 5.41) is 7.09. The first-order valence-corrected chi connectivity index (χ1v) is 6.49. The van der Waals surface area contributed by atoms with Crippen LogP contribution in [0, 0.1) is 5.92 Å². The van der Waals surface area contributed by atoms with Crippen LogP contribution in [0.4, 0.5) is 0 Å². The van der Waals surface area contributed by atoms with E-state index in [2.05, 4.69) is 10.6 Å². The standard InChI is InChI=1S/C12H22N2O/c1-2-4-10(5-3-1)11-12(8-13-9-12)15-7-6-14-11/h10-11,13-14H,1-9H2. The zero-order chi connectivity index (χ0) is 10.1. The summed E-state index contributed by atoms with van der Waals surface area (Å²) >= 11 is 0. The van der Waals surface area contributed by atoms with E-state index in [0.717, 1.165) is 32.2 Å². The van der Waals surface area contributed by atoms with E-state index in [-0.39, 0.29) is 5.60 Å². The summed E-state index contributed by atoms with van der Waals surface area (Å²) in [6.45, 7) is 4.05. The second-order valence-electron chi connectivity index (χ2n) is 5.35. The minimum atomic E-state index is 0.153. The molecule has 0 aromatic carbocycles. The first kappa shape index (κ1) is 10.1. The van der Waals surface area contributed by atoms with Crippen LogP contribution in [0.3, 0.4) is 0 Å². The molecular formula is C12H22N2O. The highest BCUT2D eigenvalue weighted by Crippen LogP contribution is 2.35. The molecule has 3 fully saturated rings. The molecule has 3 heteroatoms. The smallest absolute Gasteiger partial charge is 0.108 e. The molecule has 0 amide bonds. The van der Waals surface area contributed by atoms with Crippen molar-refractivity contribution in [1.82, 2.24) is 10.6 Å². The number of hydrogen-bond acceptors (Lipinski definition) is 3. The van der Waals surface area contributed by atoms with Gasteiger partial charge in [-0.15, -0.1) is 0 Å². The van der Waals surface area contributed by atoms with Gasteiger partial charge in [0.2, 0.25) is 0 Å². The Kier molecular flexibility index (Phi) is 2.71. The van der Waals surface area contributed by atoms with Gasteiger partial charge in [0.25, 0.3) is 0 Å². The molecule has 1 spiro atoms. The molecule has 2 aliphatic heterocycles. The number of hydrogen-bond donors (Lipinski definition) is 2. The fourth-order valence-electron chi connectivity index (χ4n) is 3.50. The van der Waals surface area contributed by atoms with E-state index in [9.17, 15) is 0 Å². The van der Waals surface area contributed by atoms with E-state index in [4.69, 9.17) is 4.74 Å². The molecule has 0 radical (unpaired) electrons. The average molecular weight is 210 g/mol. The Morgan fingerprint density at radius 2 is 1.87 bits per heavy atom. The second-order valence-corrected chi connectivity index (χ2v) is 5.35. The van der Waals surface area contributed by atoms with Crippen molar-refractivity contribution in [1.29, 1.82) is 0 Å². The predicted molar refractivity (Wildman–Crippen MR) is 59.9 cm³/mol. The van der Waals surface area contributed by atoms with Crippen molar-refractivity contribution in [2.24, 2.45) is 5.92 Å². The summed E-state index contributed by atoms with van der Waals surface area (Å²) in [6.07, 6.45) is 7.10. The lowest BCUT2D eigenvalue weighted by Crippen LogP contribution is -2.74. The first-order valence-electron chi connectivity index (χ1n) is 6.49. The van der Waals surface area contributed by atoms with Gasteiger partial charge in [-0.05, 0) is 18.8 Å². The molecule has 2 saturated heterocycles. The third-order valence-electron chi connectivity index (χ3n) is 4.39. The lowest BCUT2D eigenvalue weighted by molar-refractivity contribution is -0.141. The molecule has 86 valence electrons. The lowest BCUT2D eigenvalue weighted by Gasteiger charge is -2.53. The van der Waals surface area contributed by atoms with E-state index < -0.39 is 0 Å². The van der Waals surface area contributed by atoms with Crippen LogP contribution in [-0.4, -0.2) is 37.9 Å². The fraction of sp³-hybridized carbons (Fsp3) is 1.00. The maximum Gasteiger partial charge on any atom is 0.108 e.